The third kappa shape index (κ3) is 6.46. The summed E-state index contributed by atoms with van der Waals surface area (Å²) < 4.78 is 0. The van der Waals surface area contributed by atoms with Crippen LogP contribution in [-0.4, -0.2) is 58.5 Å². The maximum atomic E-state index is 12.5. The van der Waals surface area contributed by atoms with Crippen LogP contribution in [0.4, 0.5) is 0 Å². The Hall–Kier alpha value is -1.10. The zero-order chi connectivity index (χ0) is 16.8. The van der Waals surface area contributed by atoms with Gasteiger partial charge in [-0.1, -0.05) is 34.6 Å². The number of carboxylic acid groups (broad SMARTS) is 1. The Morgan fingerprint density at radius 1 is 1.05 bits per heavy atom. The number of amides is 1. The van der Waals surface area contributed by atoms with Gasteiger partial charge < -0.3 is 10.0 Å². The van der Waals surface area contributed by atoms with E-state index in [4.69, 9.17) is 0 Å². The maximum absolute atomic E-state index is 12.5. The number of carbonyl (C=O) groups is 2. The highest BCUT2D eigenvalue weighted by molar-refractivity contribution is 5.81. The van der Waals surface area contributed by atoms with E-state index in [1.54, 1.807) is 18.7 Å². The van der Waals surface area contributed by atoms with Gasteiger partial charge in [-0.05, 0) is 32.2 Å². The van der Waals surface area contributed by atoms with E-state index in [0.717, 1.165) is 0 Å². The summed E-state index contributed by atoms with van der Waals surface area (Å²) in [6, 6.07) is 0. The quantitative estimate of drug-likeness (QED) is 0.710. The molecule has 0 bridgehead atoms. The van der Waals surface area contributed by atoms with E-state index < -0.39 is 11.5 Å². The van der Waals surface area contributed by atoms with E-state index in [1.165, 1.54) is 0 Å². The molecular weight excluding hydrogens is 268 g/mol. The lowest BCUT2D eigenvalue weighted by molar-refractivity contribution is -0.151. The molecule has 0 rings (SSSR count). The van der Waals surface area contributed by atoms with Crippen LogP contribution in [0.1, 0.15) is 48.5 Å². The first-order valence-corrected chi connectivity index (χ1v) is 7.78. The van der Waals surface area contributed by atoms with Gasteiger partial charge in [0.15, 0.2) is 0 Å². The van der Waals surface area contributed by atoms with Gasteiger partial charge in [0.2, 0.25) is 5.91 Å². The Bertz CT molecular complexity index is 341. The molecule has 0 unspecified atom stereocenters. The third-order valence-corrected chi connectivity index (χ3v) is 3.55. The topological polar surface area (TPSA) is 60.9 Å². The second-order valence-electron chi connectivity index (χ2n) is 6.96. The molecule has 0 saturated carbocycles. The summed E-state index contributed by atoms with van der Waals surface area (Å²) in [7, 11) is 0. The molecule has 0 aliphatic rings. The average molecular weight is 300 g/mol. The van der Waals surface area contributed by atoms with Crippen LogP contribution in [0.5, 0.6) is 0 Å². The fourth-order valence-corrected chi connectivity index (χ4v) is 2.26. The molecule has 124 valence electrons. The molecule has 0 aromatic carbocycles. The van der Waals surface area contributed by atoms with Crippen LogP contribution in [0.3, 0.4) is 0 Å². The van der Waals surface area contributed by atoms with Gasteiger partial charge in [-0.25, -0.2) is 0 Å². The first-order chi connectivity index (χ1) is 9.52. The number of hydrogen-bond acceptors (Lipinski definition) is 3. The van der Waals surface area contributed by atoms with Crippen LogP contribution in [-0.2, 0) is 9.59 Å². The van der Waals surface area contributed by atoms with Gasteiger partial charge in [0, 0.05) is 13.1 Å². The smallest absolute Gasteiger partial charge is 0.323 e. The largest absolute Gasteiger partial charge is 0.480 e. The van der Waals surface area contributed by atoms with Crippen LogP contribution < -0.4 is 0 Å². The molecule has 1 amide bonds. The summed E-state index contributed by atoms with van der Waals surface area (Å²) in [5, 5.41) is 9.32. The molecule has 5 nitrogen and oxygen atoms in total. The first-order valence-electron chi connectivity index (χ1n) is 7.78. The molecule has 0 radical (unpaired) electrons. The number of nitrogens with zero attached hydrogens (tertiary/aromatic N) is 2. The Morgan fingerprint density at radius 2 is 1.48 bits per heavy atom. The second-order valence-corrected chi connectivity index (χ2v) is 6.96. The summed E-state index contributed by atoms with van der Waals surface area (Å²) in [5.74, 6) is -0.101. The number of aliphatic carboxylic acids is 1. The highest BCUT2D eigenvalue weighted by atomic mass is 16.4. The minimum atomic E-state index is -1.04. The summed E-state index contributed by atoms with van der Waals surface area (Å²) in [6.45, 7) is 15.6. The van der Waals surface area contributed by atoms with Crippen LogP contribution >= 0.6 is 0 Å². The van der Waals surface area contributed by atoms with Gasteiger partial charge in [-0.3, -0.25) is 14.5 Å². The predicted octanol–water partition coefficient (Wildman–Crippen LogP) is 2.31. The number of rotatable bonds is 9. The highest BCUT2D eigenvalue weighted by Crippen LogP contribution is 2.15. The fraction of sp³-hybridized carbons (Fsp3) is 0.875. The molecule has 0 heterocycles. The standard InChI is InChI=1S/C16H32N2O3/c1-8-18(16(6,7)15(20)21)11-14(19)17(9-12(2)3)10-13(4)5/h12-13H,8-11H2,1-7H3,(H,20,21). The van der Waals surface area contributed by atoms with Crippen LogP contribution in [0.15, 0.2) is 0 Å². The molecule has 0 aliphatic heterocycles. The van der Waals surface area contributed by atoms with E-state index in [1.807, 2.05) is 11.8 Å². The highest BCUT2D eigenvalue weighted by Gasteiger charge is 2.35. The van der Waals surface area contributed by atoms with E-state index in [-0.39, 0.29) is 12.5 Å². The zero-order valence-corrected chi connectivity index (χ0v) is 14.6. The van der Waals surface area contributed by atoms with Crippen molar-refractivity contribution in [3.05, 3.63) is 0 Å². The maximum Gasteiger partial charge on any atom is 0.323 e. The molecule has 0 saturated heterocycles. The summed E-state index contributed by atoms with van der Waals surface area (Å²) in [5.41, 5.74) is -1.04. The number of carbonyl (C=O) groups excluding carboxylic acids is 1. The summed E-state index contributed by atoms with van der Waals surface area (Å²) in [4.78, 5) is 27.5. The van der Waals surface area contributed by atoms with E-state index in [0.29, 0.717) is 31.5 Å². The lowest BCUT2D eigenvalue weighted by Crippen LogP contribution is -2.54. The Balaban J connectivity index is 4.97. The molecule has 0 aromatic heterocycles. The van der Waals surface area contributed by atoms with Crippen molar-refractivity contribution in [1.82, 2.24) is 9.80 Å². The number of likely N-dealkylation sites (N-methyl/N-ethyl adjacent to an activating group) is 1. The van der Waals surface area contributed by atoms with Crippen LogP contribution in [0.2, 0.25) is 0 Å². The molecule has 5 heteroatoms. The summed E-state index contributed by atoms with van der Waals surface area (Å²) in [6.07, 6.45) is 0. The SMILES string of the molecule is CCN(CC(=O)N(CC(C)C)CC(C)C)C(C)(C)C(=O)O. The Labute approximate surface area is 129 Å². The van der Waals surface area contributed by atoms with Crippen molar-refractivity contribution < 1.29 is 14.7 Å². The Morgan fingerprint density at radius 3 is 1.76 bits per heavy atom. The van der Waals surface area contributed by atoms with Gasteiger partial charge in [0.1, 0.15) is 5.54 Å². The van der Waals surface area contributed by atoms with Crippen molar-refractivity contribution in [2.75, 3.05) is 26.2 Å². The van der Waals surface area contributed by atoms with E-state index >= 15 is 0 Å². The first kappa shape index (κ1) is 19.9. The molecule has 0 atom stereocenters. The van der Waals surface area contributed by atoms with Crippen molar-refractivity contribution in [3.63, 3.8) is 0 Å². The lowest BCUT2D eigenvalue weighted by atomic mass is 10.0. The monoisotopic (exact) mass is 300 g/mol. The normalized spacial score (nSPS) is 12.3. The van der Waals surface area contributed by atoms with Crippen molar-refractivity contribution in [3.8, 4) is 0 Å². The average Bonchev–Trinajstić information content (AvgIpc) is 2.33. The predicted molar refractivity (Wildman–Crippen MR) is 85.2 cm³/mol. The van der Waals surface area contributed by atoms with Gasteiger partial charge in [-0.2, -0.15) is 0 Å². The van der Waals surface area contributed by atoms with Crippen molar-refractivity contribution in [1.29, 1.82) is 0 Å². The second kappa shape index (κ2) is 8.37. The zero-order valence-electron chi connectivity index (χ0n) is 14.6. The van der Waals surface area contributed by atoms with Crippen molar-refractivity contribution in [2.45, 2.75) is 54.0 Å². The Kier molecular flexibility index (Phi) is 7.93. The van der Waals surface area contributed by atoms with E-state index in [2.05, 4.69) is 27.7 Å². The van der Waals surface area contributed by atoms with Gasteiger partial charge in [0.05, 0.1) is 6.54 Å². The third-order valence-electron chi connectivity index (χ3n) is 3.55. The van der Waals surface area contributed by atoms with Crippen LogP contribution in [0.25, 0.3) is 0 Å². The van der Waals surface area contributed by atoms with Crippen molar-refractivity contribution >= 4 is 11.9 Å². The summed E-state index contributed by atoms with van der Waals surface area (Å²) >= 11 is 0. The van der Waals surface area contributed by atoms with Crippen molar-refractivity contribution in [2.24, 2.45) is 11.8 Å². The minimum Gasteiger partial charge on any atom is -0.480 e. The van der Waals surface area contributed by atoms with Gasteiger partial charge >= 0.3 is 5.97 Å². The van der Waals surface area contributed by atoms with Gasteiger partial charge in [0.25, 0.3) is 0 Å². The molecular formula is C16H32N2O3. The molecule has 0 aromatic rings. The van der Waals surface area contributed by atoms with Crippen LogP contribution in [0, 0.1) is 11.8 Å². The van der Waals surface area contributed by atoms with E-state index in [9.17, 15) is 14.7 Å². The fourth-order valence-electron chi connectivity index (χ4n) is 2.26. The molecule has 21 heavy (non-hydrogen) atoms. The number of carboxylic acids is 1. The lowest BCUT2D eigenvalue weighted by Gasteiger charge is -2.36. The molecule has 0 aliphatic carbocycles. The number of hydrogen-bond donors (Lipinski definition) is 1. The molecule has 0 spiro atoms. The minimum absolute atomic E-state index is 0.00794. The molecule has 0 fully saturated rings. The van der Waals surface area contributed by atoms with Gasteiger partial charge in [-0.15, -0.1) is 0 Å². The molecule has 1 N–H and O–H groups in total.